The summed E-state index contributed by atoms with van der Waals surface area (Å²) in [5.41, 5.74) is 1.10. The van der Waals surface area contributed by atoms with E-state index >= 15 is 0 Å². The number of aromatic hydroxyl groups is 1. The second-order valence-corrected chi connectivity index (χ2v) is 8.72. The summed E-state index contributed by atoms with van der Waals surface area (Å²) in [6.45, 7) is 5.45. The van der Waals surface area contributed by atoms with Crippen molar-refractivity contribution in [1.29, 1.82) is 5.26 Å². The first-order valence-corrected chi connectivity index (χ1v) is 11.3. The summed E-state index contributed by atoms with van der Waals surface area (Å²) in [6, 6.07) is 9.06. The number of carbonyl (C=O) groups is 1. The number of nitrogens with zero attached hydrogens (tertiary/aromatic N) is 6. The second kappa shape index (κ2) is 9.87. The minimum absolute atomic E-state index is 0.250. The van der Waals surface area contributed by atoms with Crippen LogP contribution in [-0.4, -0.2) is 35.5 Å². The van der Waals surface area contributed by atoms with Gasteiger partial charge in [-0.1, -0.05) is 30.3 Å². The van der Waals surface area contributed by atoms with Gasteiger partial charge < -0.3 is 14.9 Å². The molecule has 2 unspecified atom stereocenters. The van der Waals surface area contributed by atoms with Crippen molar-refractivity contribution in [3.63, 3.8) is 0 Å². The van der Waals surface area contributed by atoms with Gasteiger partial charge in [-0.25, -0.2) is 4.98 Å². The minimum Gasteiger partial charge on any atom is -0.501 e. The van der Waals surface area contributed by atoms with E-state index in [2.05, 4.69) is 26.6 Å². The lowest BCUT2D eigenvalue weighted by Gasteiger charge is -2.28. The van der Waals surface area contributed by atoms with Gasteiger partial charge in [0.1, 0.15) is 17.8 Å². The van der Waals surface area contributed by atoms with E-state index < -0.39 is 34.7 Å². The van der Waals surface area contributed by atoms with Crippen molar-refractivity contribution in [2.45, 2.75) is 38.6 Å². The first kappa shape index (κ1) is 24.4. The van der Waals surface area contributed by atoms with Crippen LogP contribution < -0.4 is 10.9 Å². The number of hydrogen-bond donors (Lipinski definition) is 2. The summed E-state index contributed by atoms with van der Waals surface area (Å²) in [4.78, 5) is 30.7. The Hall–Kier alpha value is -4.72. The predicted octanol–water partition coefficient (Wildman–Crippen LogP) is 3.31. The zero-order chi connectivity index (χ0) is 26.0. The molecule has 4 rings (SSSR count). The SMILES string of the molecule is CC(c1nc(C(=O)Nc2cnoc2)c(O)c(=O)n1C(C)C)C(c1cnn(C)c1)c1ccccc1C#N. The molecule has 0 spiro atoms. The minimum atomic E-state index is -0.785. The fourth-order valence-corrected chi connectivity index (χ4v) is 4.33. The Bertz CT molecular complexity index is 1500. The van der Waals surface area contributed by atoms with Crippen LogP contribution in [-0.2, 0) is 7.05 Å². The van der Waals surface area contributed by atoms with Gasteiger partial charge in [0.2, 0.25) is 5.75 Å². The maximum Gasteiger partial charge on any atom is 0.296 e. The van der Waals surface area contributed by atoms with E-state index in [1.807, 2.05) is 25.3 Å². The smallest absolute Gasteiger partial charge is 0.296 e. The molecule has 2 atom stereocenters. The van der Waals surface area contributed by atoms with Crippen molar-refractivity contribution in [3.05, 3.63) is 87.7 Å². The molecule has 0 aliphatic carbocycles. The molecule has 0 saturated heterocycles. The lowest BCUT2D eigenvalue weighted by molar-refractivity contribution is 0.101. The Morgan fingerprint density at radius 2 is 1.97 bits per heavy atom. The molecule has 36 heavy (non-hydrogen) atoms. The van der Waals surface area contributed by atoms with E-state index in [1.54, 1.807) is 43.9 Å². The van der Waals surface area contributed by atoms with Crippen molar-refractivity contribution in [2.75, 3.05) is 5.32 Å². The molecule has 0 bridgehead atoms. The average molecular weight is 488 g/mol. The van der Waals surface area contributed by atoms with Gasteiger partial charge in [0.05, 0.1) is 24.0 Å². The summed E-state index contributed by atoms with van der Waals surface area (Å²) < 4.78 is 7.75. The molecule has 0 aliphatic heterocycles. The molecule has 0 radical (unpaired) electrons. The molecule has 0 fully saturated rings. The maximum absolute atomic E-state index is 13.3. The number of rotatable bonds is 7. The van der Waals surface area contributed by atoms with Crippen molar-refractivity contribution in [2.24, 2.45) is 7.05 Å². The van der Waals surface area contributed by atoms with Crippen LogP contribution in [0.4, 0.5) is 5.69 Å². The van der Waals surface area contributed by atoms with Gasteiger partial charge in [-0.3, -0.25) is 18.8 Å². The van der Waals surface area contributed by atoms with Crippen LogP contribution in [0, 0.1) is 11.3 Å². The predicted molar refractivity (Wildman–Crippen MR) is 130 cm³/mol. The molecular weight excluding hydrogens is 462 g/mol. The molecule has 2 N–H and O–H groups in total. The number of carbonyl (C=O) groups excluding carboxylic acids is 1. The monoisotopic (exact) mass is 487 g/mol. The highest BCUT2D eigenvalue weighted by Gasteiger charge is 2.32. The van der Waals surface area contributed by atoms with E-state index in [0.717, 1.165) is 11.1 Å². The molecule has 11 heteroatoms. The van der Waals surface area contributed by atoms with Crippen LogP contribution in [0.5, 0.6) is 5.75 Å². The van der Waals surface area contributed by atoms with Gasteiger partial charge in [-0.2, -0.15) is 10.4 Å². The summed E-state index contributed by atoms with van der Waals surface area (Å²) in [5.74, 6) is -2.19. The molecule has 1 amide bonds. The number of hydrogen-bond acceptors (Lipinski definition) is 8. The zero-order valence-electron chi connectivity index (χ0n) is 20.2. The zero-order valence-corrected chi connectivity index (χ0v) is 20.2. The van der Waals surface area contributed by atoms with Gasteiger partial charge in [0.25, 0.3) is 11.5 Å². The van der Waals surface area contributed by atoms with Crippen LogP contribution in [0.25, 0.3) is 0 Å². The number of anilines is 1. The lowest BCUT2D eigenvalue weighted by Crippen LogP contribution is -2.32. The first-order chi connectivity index (χ1) is 17.2. The fraction of sp³-hybridized carbons (Fsp3) is 0.280. The van der Waals surface area contributed by atoms with E-state index in [1.165, 1.54) is 17.0 Å². The van der Waals surface area contributed by atoms with E-state index in [0.29, 0.717) is 5.56 Å². The van der Waals surface area contributed by atoms with Gasteiger partial charge in [-0.05, 0) is 31.0 Å². The van der Waals surface area contributed by atoms with Crippen LogP contribution in [0.3, 0.4) is 0 Å². The molecule has 3 heterocycles. The molecule has 184 valence electrons. The topological polar surface area (TPSA) is 152 Å². The molecule has 3 aromatic heterocycles. The van der Waals surface area contributed by atoms with Crippen molar-refractivity contribution < 1.29 is 14.4 Å². The third-order valence-electron chi connectivity index (χ3n) is 5.95. The molecule has 0 aliphatic rings. The average Bonchev–Trinajstić information content (AvgIpc) is 3.52. The Morgan fingerprint density at radius 3 is 2.58 bits per heavy atom. The van der Waals surface area contributed by atoms with Gasteiger partial charge in [0, 0.05) is 31.1 Å². The summed E-state index contributed by atoms with van der Waals surface area (Å²) in [7, 11) is 1.79. The summed E-state index contributed by atoms with van der Waals surface area (Å²) in [6.07, 6.45) is 6.04. The lowest BCUT2D eigenvalue weighted by atomic mass is 9.80. The Morgan fingerprint density at radius 1 is 1.22 bits per heavy atom. The maximum atomic E-state index is 13.3. The van der Waals surface area contributed by atoms with Crippen LogP contribution in [0.2, 0.25) is 0 Å². The number of amides is 1. The number of nitrogens with one attached hydrogen (secondary N) is 1. The number of aromatic nitrogens is 5. The standard InChI is InChI=1S/C25H25N7O4/c1-14(2)32-23(30-21(22(33)25(32)35)24(34)29-18-11-28-36-13-18)15(3)20(17-10-27-31(4)12-17)19-8-6-5-7-16(19)9-26/h5-8,10-15,20,33H,1-4H3,(H,29,34). The van der Waals surface area contributed by atoms with E-state index in [-0.39, 0.29) is 17.6 Å². The van der Waals surface area contributed by atoms with Gasteiger partial charge >= 0.3 is 0 Å². The van der Waals surface area contributed by atoms with Crippen LogP contribution >= 0.6 is 0 Å². The van der Waals surface area contributed by atoms with Crippen LogP contribution in [0.15, 0.2) is 58.4 Å². The van der Waals surface area contributed by atoms with Crippen molar-refractivity contribution in [1.82, 2.24) is 24.5 Å². The highest BCUT2D eigenvalue weighted by molar-refractivity contribution is 6.04. The van der Waals surface area contributed by atoms with E-state index in [9.17, 15) is 20.0 Å². The summed E-state index contributed by atoms with van der Waals surface area (Å²) >= 11 is 0. The Balaban J connectivity index is 1.92. The van der Waals surface area contributed by atoms with E-state index in [4.69, 9.17) is 4.52 Å². The van der Waals surface area contributed by atoms with Gasteiger partial charge in [0.15, 0.2) is 5.69 Å². The van der Waals surface area contributed by atoms with Crippen molar-refractivity contribution >= 4 is 11.6 Å². The first-order valence-electron chi connectivity index (χ1n) is 11.3. The quantitative estimate of drug-likeness (QED) is 0.403. The molecular formula is C25H25N7O4. The normalized spacial score (nSPS) is 12.8. The number of benzene rings is 1. The third kappa shape index (κ3) is 4.48. The Labute approximate surface area is 206 Å². The number of nitriles is 1. The molecule has 0 saturated carbocycles. The highest BCUT2D eigenvalue weighted by atomic mass is 16.5. The third-order valence-corrected chi connectivity index (χ3v) is 5.95. The summed E-state index contributed by atoms with van der Waals surface area (Å²) in [5, 5.41) is 30.8. The molecule has 4 aromatic rings. The highest BCUT2D eigenvalue weighted by Crippen LogP contribution is 2.39. The largest absolute Gasteiger partial charge is 0.501 e. The fourth-order valence-electron chi connectivity index (χ4n) is 4.33. The van der Waals surface area contributed by atoms with Crippen molar-refractivity contribution in [3.8, 4) is 11.8 Å². The number of aryl methyl sites for hydroxylation is 1. The van der Waals surface area contributed by atoms with Gasteiger partial charge in [-0.15, -0.1) is 0 Å². The second-order valence-electron chi connectivity index (χ2n) is 8.72. The molecule has 1 aromatic carbocycles. The molecule has 11 nitrogen and oxygen atoms in total. The Kier molecular flexibility index (Phi) is 6.69. The van der Waals surface area contributed by atoms with Crippen LogP contribution in [0.1, 0.15) is 71.7 Å².